The van der Waals surface area contributed by atoms with Gasteiger partial charge in [-0.15, -0.1) is 11.8 Å². The van der Waals surface area contributed by atoms with Crippen LogP contribution in [0.5, 0.6) is 17.2 Å². The molecule has 0 radical (unpaired) electrons. The summed E-state index contributed by atoms with van der Waals surface area (Å²) < 4.78 is 16.2. The molecule has 4 aromatic rings. The Morgan fingerprint density at radius 2 is 1.60 bits per heavy atom. The number of ether oxygens (including phenoxy) is 3. The van der Waals surface area contributed by atoms with Gasteiger partial charge < -0.3 is 30.2 Å². The van der Waals surface area contributed by atoms with E-state index in [1.165, 1.54) is 39.2 Å². The van der Waals surface area contributed by atoms with Crippen molar-refractivity contribution in [3.63, 3.8) is 0 Å². The first kappa shape index (κ1) is 34.9. The Morgan fingerprint density at radius 3 is 2.28 bits per heavy atom. The molecule has 0 bridgehead atoms. The Balaban J connectivity index is 1.56. The minimum Gasteiger partial charge on any atom is -0.497 e. The van der Waals surface area contributed by atoms with Crippen molar-refractivity contribution in [2.45, 2.75) is 30.4 Å². The van der Waals surface area contributed by atoms with Crippen molar-refractivity contribution >= 4 is 58.5 Å². The fourth-order valence-electron chi connectivity index (χ4n) is 4.53. The smallest absolute Gasteiger partial charge is 0.272 e. The summed E-state index contributed by atoms with van der Waals surface area (Å²) in [7, 11) is 4.57. The van der Waals surface area contributed by atoms with Crippen molar-refractivity contribution in [2.24, 2.45) is 0 Å². The maximum absolute atomic E-state index is 13.7. The Morgan fingerprint density at radius 1 is 0.851 bits per heavy atom. The number of aryl methyl sites for hydroxylation is 1. The molecule has 244 valence electrons. The van der Waals surface area contributed by atoms with E-state index < -0.39 is 17.1 Å². The van der Waals surface area contributed by atoms with Crippen molar-refractivity contribution in [1.29, 1.82) is 0 Å². The molecule has 1 atom stereocenters. The summed E-state index contributed by atoms with van der Waals surface area (Å²) in [5.41, 5.74) is 2.72. The minimum absolute atomic E-state index is 0.0125. The number of carbonyl (C=O) groups is 3. The monoisotopic (exact) mass is 673 g/mol. The number of hydrogen-bond donors (Lipinski definition) is 3. The third-order valence-electron chi connectivity index (χ3n) is 7.04. The normalized spacial score (nSPS) is 11.7. The minimum atomic E-state index is -0.559. The number of benzene rings is 4. The molecule has 0 saturated heterocycles. The number of rotatable bonds is 13. The fraction of sp³-hybridized carbons (Fsp3) is 0.194. The molecular formula is C36H36ClN3O6S. The van der Waals surface area contributed by atoms with Gasteiger partial charge in [-0.05, 0) is 79.6 Å². The van der Waals surface area contributed by atoms with Gasteiger partial charge >= 0.3 is 0 Å². The summed E-state index contributed by atoms with van der Waals surface area (Å²) in [5.74, 6) is 0.286. The Labute approximate surface area is 283 Å². The van der Waals surface area contributed by atoms with Crippen LogP contribution in [-0.2, 0) is 9.59 Å². The lowest BCUT2D eigenvalue weighted by atomic mass is 10.1. The summed E-state index contributed by atoms with van der Waals surface area (Å²) in [6, 6.07) is 24.3. The zero-order chi connectivity index (χ0) is 33.9. The topological polar surface area (TPSA) is 115 Å². The second-order valence-electron chi connectivity index (χ2n) is 10.3. The van der Waals surface area contributed by atoms with Gasteiger partial charge in [0, 0.05) is 32.8 Å². The number of anilines is 2. The van der Waals surface area contributed by atoms with Crippen LogP contribution in [0, 0.1) is 6.92 Å². The summed E-state index contributed by atoms with van der Waals surface area (Å²) in [6.45, 7) is 3.77. The Bertz CT molecular complexity index is 1780. The average Bonchev–Trinajstić information content (AvgIpc) is 3.08. The summed E-state index contributed by atoms with van der Waals surface area (Å²) in [6.07, 6.45) is 2.07. The van der Waals surface area contributed by atoms with E-state index in [4.69, 9.17) is 25.8 Å². The van der Waals surface area contributed by atoms with E-state index in [-0.39, 0.29) is 11.6 Å². The van der Waals surface area contributed by atoms with E-state index in [1.54, 1.807) is 78.9 Å². The molecule has 0 aromatic heterocycles. The van der Waals surface area contributed by atoms with Crippen molar-refractivity contribution in [3.05, 3.63) is 112 Å². The first-order valence-electron chi connectivity index (χ1n) is 14.7. The molecule has 0 spiro atoms. The van der Waals surface area contributed by atoms with Gasteiger partial charge in [-0.25, -0.2) is 0 Å². The lowest BCUT2D eigenvalue weighted by molar-refractivity contribution is -0.116. The van der Waals surface area contributed by atoms with E-state index in [0.29, 0.717) is 51.2 Å². The van der Waals surface area contributed by atoms with Gasteiger partial charge in [-0.1, -0.05) is 42.8 Å². The third kappa shape index (κ3) is 9.31. The maximum atomic E-state index is 13.7. The number of halogens is 1. The molecule has 1 unspecified atom stereocenters. The third-order valence-corrected chi connectivity index (χ3v) is 8.80. The molecule has 0 heterocycles. The first-order valence-corrected chi connectivity index (χ1v) is 15.9. The van der Waals surface area contributed by atoms with Gasteiger partial charge in [0.1, 0.15) is 22.9 Å². The van der Waals surface area contributed by atoms with Crippen LogP contribution in [0.25, 0.3) is 6.08 Å². The van der Waals surface area contributed by atoms with Crippen LogP contribution in [0.15, 0.2) is 95.5 Å². The molecule has 3 N–H and O–H groups in total. The van der Waals surface area contributed by atoms with Crippen LogP contribution in [0.3, 0.4) is 0 Å². The van der Waals surface area contributed by atoms with Crippen molar-refractivity contribution in [1.82, 2.24) is 5.32 Å². The summed E-state index contributed by atoms with van der Waals surface area (Å²) >= 11 is 7.59. The quantitative estimate of drug-likeness (QED) is 0.0989. The lowest BCUT2D eigenvalue weighted by Crippen LogP contribution is -2.30. The average molecular weight is 674 g/mol. The molecule has 0 aliphatic carbocycles. The van der Waals surface area contributed by atoms with Gasteiger partial charge in [0.05, 0.1) is 32.3 Å². The maximum Gasteiger partial charge on any atom is 0.272 e. The van der Waals surface area contributed by atoms with Crippen LogP contribution in [0.4, 0.5) is 11.4 Å². The Kier molecular flexibility index (Phi) is 12.3. The lowest BCUT2D eigenvalue weighted by Gasteiger charge is -2.18. The zero-order valence-electron chi connectivity index (χ0n) is 26.7. The molecule has 4 aromatic carbocycles. The molecule has 0 aliphatic heterocycles. The van der Waals surface area contributed by atoms with Crippen LogP contribution in [0.1, 0.15) is 34.8 Å². The molecule has 9 nitrogen and oxygen atoms in total. The number of nitrogens with one attached hydrogen (secondary N) is 3. The molecule has 11 heteroatoms. The van der Waals surface area contributed by atoms with Crippen molar-refractivity contribution in [2.75, 3.05) is 32.0 Å². The number of hydrogen-bond acceptors (Lipinski definition) is 7. The van der Waals surface area contributed by atoms with Crippen molar-refractivity contribution in [3.8, 4) is 17.2 Å². The van der Waals surface area contributed by atoms with Gasteiger partial charge in [0.2, 0.25) is 5.91 Å². The number of amides is 3. The SMILES string of the molecule is CCC(Sc1cccc(NC(=O)/C(=C\c2cc(OC)ccc2OC)NC(=O)c2ccccc2)c1)C(=O)Nc1cc(C)c(Cl)cc1OC. The van der Waals surface area contributed by atoms with Crippen LogP contribution in [0.2, 0.25) is 5.02 Å². The second kappa shape index (κ2) is 16.6. The number of thioether (sulfide) groups is 1. The van der Waals surface area contributed by atoms with Gasteiger partial charge in [-0.3, -0.25) is 14.4 Å². The number of carbonyl (C=O) groups excluding carboxylic acids is 3. The van der Waals surface area contributed by atoms with E-state index >= 15 is 0 Å². The molecule has 47 heavy (non-hydrogen) atoms. The number of methoxy groups -OCH3 is 3. The fourth-order valence-corrected chi connectivity index (χ4v) is 5.69. The zero-order valence-corrected chi connectivity index (χ0v) is 28.3. The molecule has 0 saturated carbocycles. The van der Waals surface area contributed by atoms with E-state index in [1.807, 2.05) is 19.9 Å². The van der Waals surface area contributed by atoms with Crippen molar-refractivity contribution < 1.29 is 28.6 Å². The van der Waals surface area contributed by atoms with Crippen LogP contribution >= 0.6 is 23.4 Å². The highest BCUT2D eigenvalue weighted by Gasteiger charge is 2.21. The molecule has 4 rings (SSSR count). The van der Waals surface area contributed by atoms with Gasteiger partial charge in [-0.2, -0.15) is 0 Å². The molecule has 3 amide bonds. The van der Waals surface area contributed by atoms with E-state index in [2.05, 4.69) is 16.0 Å². The Hall–Kier alpha value is -4.93. The van der Waals surface area contributed by atoms with Crippen LogP contribution < -0.4 is 30.2 Å². The predicted molar refractivity (Wildman–Crippen MR) is 188 cm³/mol. The van der Waals surface area contributed by atoms with Gasteiger partial charge in [0.15, 0.2) is 0 Å². The summed E-state index contributed by atoms with van der Waals surface area (Å²) in [4.78, 5) is 40.9. The highest BCUT2D eigenvalue weighted by molar-refractivity contribution is 8.00. The molecular weight excluding hydrogens is 638 g/mol. The second-order valence-corrected chi connectivity index (χ2v) is 12.0. The molecule has 0 fully saturated rings. The molecule has 0 aliphatic rings. The highest BCUT2D eigenvalue weighted by Crippen LogP contribution is 2.33. The largest absolute Gasteiger partial charge is 0.497 e. The summed E-state index contributed by atoms with van der Waals surface area (Å²) in [5, 5.41) is 8.67. The van der Waals surface area contributed by atoms with Gasteiger partial charge in [0.25, 0.3) is 11.8 Å². The van der Waals surface area contributed by atoms with E-state index in [9.17, 15) is 14.4 Å². The standard InChI is InChI=1S/C36H36ClN3O6S/c1-6-33(36(43)39-29-17-22(2)28(37)21-32(29)46-5)47-27-14-10-13-25(20-27)38-35(42)30(40-34(41)23-11-8-7-9-12-23)19-24-18-26(44-3)15-16-31(24)45-4/h7-21,33H,6H2,1-5H3,(H,38,42)(H,39,43)(H,40,41)/b30-19+. The highest BCUT2D eigenvalue weighted by atomic mass is 35.5. The van der Waals surface area contributed by atoms with Crippen LogP contribution in [-0.4, -0.2) is 44.3 Å². The first-order chi connectivity index (χ1) is 22.6. The van der Waals surface area contributed by atoms with E-state index in [0.717, 1.165) is 10.5 Å². The predicted octanol–water partition coefficient (Wildman–Crippen LogP) is 7.59.